The Morgan fingerprint density at radius 3 is 2.76 bits per heavy atom. The molecule has 1 aromatic carbocycles. The van der Waals surface area contributed by atoms with E-state index in [2.05, 4.69) is 15.2 Å². The van der Waals surface area contributed by atoms with Gasteiger partial charge in [0.2, 0.25) is 0 Å². The van der Waals surface area contributed by atoms with Crippen molar-refractivity contribution in [1.82, 2.24) is 9.88 Å². The lowest BCUT2D eigenvalue weighted by molar-refractivity contribution is -0.384. The molecule has 0 aliphatic rings. The van der Waals surface area contributed by atoms with Gasteiger partial charge in [0.15, 0.2) is 0 Å². The van der Waals surface area contributed by atoms with Gasteiger partial charge in [0.05, 0.1) is 16.1 Å². The molecule has 0 aliphatic carbocycles. The predicted molar refractivity (Wildman–Crippen MR) is 84.7 cm³/mol. The predicted octanol–water partition coefficient (Wildman–Crippen LogP) is 3.03. The van der Waals surface area contributed by atoms with E-state index in [1.165, 1.54) is 4.88 Å². The molecular formula is C14H18N4O2S. The molecule has 2 aromatic rings. The third kappa shape index (κ3) is 3.77. The molecule has 0 unspecified atom stereocenters. The number of hydrogen-bond donors (Lipinski definition) is 1. The van der Waals surface area contributed by atoms with Crippen molar-refractivity contribution in [3.8, 4) is 0 Å². The van der Waals surface area contributed by atoms with Crippen LogP contribution in [0.1, 0.15) is 16.1 Å². The van der Waals surface area contributed by atoms with Crippen LogP contribution in [0, 0.1) is 17.0 Å². The highest BCUT2D eigenvalue weighted by Gasteiger charge is 2.14. The molecule has 0 bridgehead atoms. The second kappa shape index (κ2) is 6.64. The van der Waals surface area contributed by atoms with Crippen LogP contribution in [0.25, 0.3) is 0 Å². The molecule has 0 saturated carbocycles. The number of nitrogens with zero attached hydrogens (tertiary/aromatic N) is 3. The zero-order chi connectivity index (χ0) is 15.4. The van der Waals surface area contributed by atoms with E-state index in [0.717, 1.165) is 24.3 Å². The number of nitro benzene ring substituents is 1. The average Bonchev–Trinajstić information content (AvgIpc) is 2.83. The number of aryl methyl sites for hydroxylation is 1. The lowest BCUT2D eigenvalue weighted by Crippen LogP contribution is -2.17. The standard InChI is InChI=1S/C14H18N4O2S/c1-10-14(21-9-16-10)8-17(3)7-11-4-5-13(18(19)20)12(6-11)15-2/h4-6,9,15H,7-8H2,1-3H3. The lowest BCUT2D eigenvalue weighted by Gasteiger charge is -2.16. The van der Waals surface area contributed by atoms with Crippen molar-refractivity contribution in [2.45, 2.75) is 20.0 Å². The van der Waals surface area contributed by atoms with Crippen LogP contribution in [0.15, 0.2) is 23.7 Å². The zero-order valence-corrected chi connectivity index (χ0v) is 13.1. The maximum absolute atomic E-state index is 10.9. The molecule has 0 fully saturated rings. The molecule has 0 aliphatic heterocycles. The van der Waals surface area contributed by atoms with Gasteiger partial charge in [-0.2, -0.15) is 0 Å². The fraction of sp³-hybridized carbons (Fsp3) is 0.357. The van der Waals surface area contributed by atoms with Gasteiger partial charge >= 0.3 is 0 Å². The summed E-state index contributed by atoms with van der Waals surface area (Å²) in [5.41, 5.74) is 4.59. The van der Waals surface area contributed by atoms with Crippen LogP contribution in [0.5, 0.6) is 0 Å². The van der Waals surface area contributed by atoms with Crippen molar-refractivity contribution in [3.05, 3.63) is 50.0 Å². The van der Waals surface area contributed by atoms with Gasteiger partial charge < -0.3 is 5.32 Å². The Morgan fingerprint density at radius 1 is 1.43 bits per heavy atom. The first-order valence-electron chi connectivity index (χ1n) is 6.54. The number of nitro groups is 1. The molecule has 0 spiro atoms. The van der Waals surface area contributed by atoms with Crippen LogP contribution in [0.2, 0.25) is 0 Å². The average molecular weight is 306 g/mol. The van der Waals surface area contributed by atoms with Crippen LogP contribution in [0.4, 0.5) is 11.4 Å². The summed E-state index contributed by atoms with van der Waals surface area (Å²) in [5, 5.41) is 13.8. The fourth-order valence-electron chi connectivity index (χ4n) is 2.13. The highest BCUT2D eigenvalue weighted by molar-refractivity contribution is 7.09. The third-order valence-corrected chi connectivity index (χ3v) is 4.16. The van der Waals surface area contributed by atoms with E-state index in [-0.39, 0.29) is 10.6 Å². The van der Waals surface area contributed by atoms with Gasteiger partial charge in [-0.25, -0.2) is 4.98 Å². The zero-order valence-electron chi connectivity index (χ0n) is 12.3. The van der Waals surface area contributed by atoms with Crippen LogP contribution in [-0.4, -0.2) is 28.9 Å². The molecule has 0 radical (unpaired) electrons. The monoisotopic (exact) mass is 306 g/mol. The summed E-state index contributed by atoms with van der Waals surface area (Å²) in [6.07, 6.45) is 0. The second-order valence-corrected chi connectivity index (χ2v) is 5.83. The summed E-state index contributed by atoms with van der Waals surface area (Å²) in [5.74, 6) is 0. The SMILES string of the molecule is CNc1cc(CN(C)Cc2scnc2C)ccc1[N+](=O)[O-]. The number of nitrogens with one attached hydrogen (secondary N) is 1. The maximum atomic E-state index is 10.9. The van der Waals surface area contributed by atoms with E-state index < -0.39 is 0 Å². The molecule has 0 amide bonds. The Bertz CT molecular complexity index is 642. The van der Waals surface area contributed by atoms with Gasteiger partial charge in [-0.1, -0.05) is 6.07 Å². The van der Waals surface area contributed by atoms with Gasteiger partial charge in [0, 0.05) is 31.1 Å². The summed E-state index contributed by atoms with van der Waals surface area (Å²) in [4.78, 5) is 18.2. The summed E-state index contributed by atoms with van der Waals surface area (Å²) < 4.78 is 0. The molecular weight excluding hydrogens is 288 g/mol. The smallest absolute Gasteiger partial charge is 0.292 e. The Balaban J connectivity index is 2.09. The van der Waals surface area contributed by atoms with Gasteiger partial charge in [-0.3, -0.25) is 15.0 Å². The van der Waals surface area contributed by atoms with Crippen molar-refractivity contribution < 1.29 is 4.92 Å². The maximum Gasteiger partial charge on any atom is 0.292 e. The van der Waals surface area contributed by atoms with Crippen molar-refractivity contribution >= 4 is 22.7 Å². The van der Waals surface area contributed by atoms with Crippen LogP contribution in [0.3, 0.4) is 0 Å². The first-order valence-corrected chi connectivity index (χ1v) is 7.41. The highest BCUT2D eigenvalue weighted by atomic mass is 32.1. The highest BCUT2D eigenvalue weighted by Crippen LogP contribution is 2.25. The van der Waals surface area contributed by atoms with Crippen molar-refractivity contribution in [3.63, 3.8) is 0 Å². The molecule has 2 rings (SSSR count). The molecule has 21 heavy (non-hydrogen) atoms. The molecule has 0 atom stereocenters. The molecule has 1 heterocycles. The molecule has 7 heteroatoms. The minimum Gasteiger partial charge on any atom is -0.383 e. The Kier molecular flexibility index (Phi) is 4.87. The normalized spacial score (nSPS) is 10.9. The van der Waals surface area contributed by atoms with Gasteiger partial charge in [0.25, 0.3) is 5.69 Å². The van der Waals surface area contributed by atoms with Gasteiger partial charge in [0.1, 0.15) is 5.69 Å². The topological polar surface area (TPSA) is 71.3 Å². The second-order valence-electron chi connectivity index (χ2n) is 4.89. The lowest BCUT2D eigenvalue weighted by atomic mass is 10.1. The van der Waals surface area contributed by atoms with Gasteiger partial charge in [-0.05, 0) is 25.6 Å². The number of aromatic nitrogens is 1. The van der Waals surface area contributed by atoms with Crippen LogP contribution in [-0.2, 0) is 13.1 Å². The Labute approximate surface area is 127 Å². The molecule has 6 nitrogen and oxygen atoms in total. The number of rotatable bonds is 6. The molecule has 0 saturated heterocycles. The fourth-order valence-corrected chi connectivity index (χ4v) is 2.99. The van der Waals surface area contributed by atoms with Crippen molar-refractivity contribution in [2.75, 3.05) is 19.4 Å². The molecule has 1 aromatic heterocycles. The van der Waals surface area contributed by atoms with Gasteiger partial charge in [-0.15, -0.1) is 11.3 Å². The van der Waals surface area contributed by atoms with Crippen molar-refractivity contribution in [1.29, 1.82) is 0 Å². The van der Waals surface area contributed by atoms with Crippen LogP contribution < -0.4 is 5.32 Å². The van der Waals surface area contributed by atoms with E-state index in [4.69, 9.17) is 0 Å². The summed E-state index contributed by atoms with van der Waals surface area (Å²) in [6.45, 7) is 3.55. The first kappa shape index (κ1) is 15.4. The summed E-state index contributed by atoms with van der Waals surface area (Å²) in [6, 6.07) is 5.18. The summed E-state index contributed by atoms with van der Waals surface area (Å²) >= 11 is 1.65. The number of hydrogen-bond acceptors (Lipinski definition) is 6. The van der Waals surface area contributed by atoms with E-state index in [1.807, 2.05) is 25.5 Å². The number of benzene rings is 1. The third-order valence-electron chi connectivity index (χ3n) is 3.24. The first-order chi connectivity index (χ1) is 10.0. The molecule has 1 N–H and O–H groups in total. The Morgan fingerprint density at radius 2 is 2.19 bits per heavy atom. The van der Waals surface area contributed by atoms with E-state index in [0.29, 0.717) is 5.69 Å². The quantitative estimate of drug-likeness (QED) is 0.656. The molecule has 112 valence electrons. The summed E-state index contributed by atoms with van der Waals surface area (Å²) in [7, 11) is 3.72. The van der Waals surface area contributed by atoms with E-state index in [9.17, 15) is 10.1 Å². The largest absolute Gasteiger partial charge is 0.383 e. The van der Waals surface area contributed by atoms with E-state index >= 15 is 0 Å². The van der Waals surface area contributed by atoms with E-state index in [1.54, 1.807) is 30.5 Å². The van der Waals surface area contributed by atoms with Crippen LogP contribution >= 0.6 is 11.3 Å². The minimum absolute atomic E-state index is 0.0993. The van der Waals surface area contributed by atoms with Crippen molar-refractivity contribution in [2.24, 2.45) is 0 Å². The number of thiazole rings is 1. The number of anilines is 1. The Hall–Kier alpha value is -1.99. The minimum atomic E-state index is -0.375.